The Morgan fingerprint density at radius 2 is 1.77 bits per heavy atom. The van der Waals surface area contributed by atoms with E-state index in [2.05, 4.69) is 10.3 Å². The van der Waals surface area contributed by atoms with E-state index in [0.717, 1.165) is 10.8 Å². The Morgan fingerprint density at radius 1 is 1.08 bits per heavy atom. The molecule has 0 spiro atoms. The molecule has 278 valence electrons. The SMILES string of the molecule is CCOC(=O)[C@H]1CCN(C(=O)[C@H](Nc2ccc3c(N)nccc3c2)c2ccc(F)c(OC)c2)[C@H]1c1ccccc1S(=O)(=O)CC.O=C(O)C(F)(F)F. The predicted molar refractivity (Wildman–Crippen MR) is 183 cm³/mol. The number of fused-ring (bicyclic) bond motifs is 1. The molecule has 0 unspecified atom stereocenters. The van der Waals surface area contributed by atoms with Gasteiger partial charge < -0.3 is 30.5 Å². The normalized spacial score (nSPS) is 16.4. The molecule has 3 aromatic carbocycles. The molecule has 17 heteroatoms. The number of aromatic nitrogens is 1. The van der Waals surface area contributed by atoms with E-state index in [-0.39, 0.29) is 36.0 Å². The molecule has 1 aromatic heterocycles. The minimum atomic E-state index is -5.08. The van der Waals surface area contributed by atoms with Crippen molar-refractivity contribution in [1.82, 2.24) is 9.88 Å². The summed E-state index contributed by atoms with van der Waals surface area (Å²) in [6.45, 7) is 3.52. The van der Waals surface area contributed by atoms with Gasteiger partial charge in [-0.2, -0.15) is 13.2 Å². The monoisotopic (exact) mass is 748 g/mol. The standard InChI is InChI=1S/C33H35FN4O6S.C2HF3O2/c1-4-44-33(40)25-15-17-38(30(25)24-8-6-7-9-28(24)45(41,42)5-2)32(39)29(21-10-13-26(34)27(19-21)43-3)37-22-11-12-23-20(18-22)14-16-36-31(23)35;3-2(4,5)1(6)7/h6-14,16,18-19,25,29-30,37H,4-5,15,17H2,1-3H3,(H2,35,36);(H,6,7)/t25-,29+,30-;/m0./s1. The van der Waals surface area contributed by atoms with Crippen LogP contribution in [0.15, 0.2) is 77.8 Å². The number of likely N-dealkylation sites (tertiary alicyclic amines) is 1. The Kier molecular flexibility index (Phi) is 12.3. The smallest absolute Gasteiger partial charge is 0.490 e. The first-order valence-corrected chi connectivity index (χ1v) is 17.5. The number of carboxylic acids is 1. The molecule has 1 fully saturated rings. The van der Waals surface area contributed by atoms with Gasteiger partial charge in [0.05, 0.1) is 36.3 Å². The van der Waals surface area contributed by atoms with Crippen molar-refractivity contribution in [2.24, 2.45) is 5.92 Å². The number of sulfone groups is 1. The van der Waals surface area contributed by atoms with Crippen LogP contribution in [0.5, 0.6) is 5.75 Å². The highest BCUT2D eigenvalue weighted by Crippen LogP contribution is 2.43. The van der Waals surface area contributed by atoms with E-state index < -0.39 is 57.7 Å². The van der Waals surface area contributed by atoms with Gasteiger partial charge in [0.2, 0.25) is 5.91 Å². The molecule has 1 aliphatic heterocycles. The van der Waals surface area contributed by atoms with E-state index in [9.17, 15) is 35.6 Å². The van der Waals surface area contributed by atoms with E-state index in [1.807, 2.05) is 6.07 Å². The number of halogens is 4. The topological polar surface area (TPSA) is 178 Å². The van der Waals surface area contributed by atoms with Gasteiger partial charge in [-0.3, -0.25) is 9.59 Å². The second kappa shape index (κ2) is 16.3. The number of ether oxygens (including phenoxy) is 2. The number of amides is 1. The minimum absolute atomic E-state index is 0.0498. The molecule has 4 aromatic rings. The van der Waals surface area contributed by atoms with Crippen molar-refractivity contribution in [3.05, 3.63) is 89.9 Å². The van der Waals surface area contributed by atoms with Crippen LogP contribution < -0.4 is 15.8 Å². The minimum Gasteiger partial charge on any atom is -0.494 e. The van der Waals surface area contributed by atoms with Gasteiger partial charge in [-0.25, -0.2) is 22.6 Å². The number of aliphatic carboxylic acids is 1. The number of pyridine rings is 1. The first kappa shape index (κ1) is 39.3. The van der Waals surface area contributed by atoms with Crippen molar-refractivity contribution in [3.63, 3.8) is 0 Å². The summed E-state index contributed by atoms with van der Waals surface area (Å²) < 4.78 is 83.2. The summed E-state index contributed by atoms with van der Waals surface area (Å²) in [7, 11) is -2.38. The molecule has 1 saturated heterocycles. The number of carbonyl (C=O) groups excluding carboxylic acids is 2. The molecule has 1 amide bonds. The highest BCUT2D eigenvalue weighted by atomic mass is 32.2. The molecule has 0 bridgehead atoms. The lowest BCUT2D eigenvalue weighted by Crippen LogP contribution is -2.40. The second-order valence-electron chi connectivity index (χ2n) is 11.5. The fourth-order valence-electron chi connectivity index (χ4n) is 5.85. The van der Waals surface area contributed by atoms with Crippen molar-refractivity contribution < 1.29 is 54.9 Å². The van der Waals surface area contributed by atoms with E-state index in [0.29, 0.717) is 22.6 Å². The van der Waals surface area contributed by atoms with E-state index in [4.69, 9.17) is 25.1 Å². The third kappa shape index (κ3) is 8.70. The lowest BCUT2D eigenvalue weighted by atomic mass is 9.93. The number of rotatable bonds is 10. The molecule has 0 aliphatic carbocycles. The Bertz CT molecular complexity index is 2060. The number of carbonyl (C=O) groups is 3. The second-order valence-corrected chi connectivity index (χ2v) is 13.7. The molecule has 1 aliphatic rings. The molecule has 2 heterocycles. The van der Waals surface area contributed by atoms with Gasteiger partial charge in [0.1, 0.15) is 11.9 Å². The molecular formula is C35H36F4N4O8S. The Balaban J connectivity index is 0.000000785. The summed E-state index contributed by atoms with van der Waals surface area (Å²) >= 11 is 0. The Morgan fingerprint density at radius 3 is 2.40 bits per heavy atom. The quantitative estimate of drug-likeness (QED) is 0.134. The third-order valence-electron chi connectivity index (χ3n) is 8.33. The van der Waals surface area contributed by atoms with Crippen LogP contribution in [0.2, 0.25) is 0 Å². The first-order chi connectivity index (χ1) is 24.5. The molecule has 3 atom stereocenters. The number of hydrogen-bond acceptors (Lipinski definition) is 10. The van der Waals surface area contributed by atoms with Crippen LogP contribution in [-0.2, 0) is 29.0 Å². The highest BCUT2D eigenvalue weighted by Gasteiger charge is 2.46. The third-order valence-corrected chi connectivity index (χ3v) is 10.1. The molecule has 12 nitrogen and oxygen atoms in total. The van der Waals surface area contributed by atoms with E-state index >= 15 is 0 Å². The maximum atomic E-state index is 14.7. The number of nitrogen functional groups attached to an aromatic ring is 1. The molecule has 0 saturated carbocycles. The zero-order chi connectivity index (χ0) is 38.4. The molecule has 5 rings (SSSR count). The van der Waals surface area contributed by atoms with Crippen molar-refractivity contribution >= 4 is 50.0 Å². The molecule has 4 N–H and O–H groups in total. The fourth-order valence-corrected chi connectivity index (χ4v) is 7.00. The van der Waals surface area contributed by atoms with Crippen LogP contribution in [0.4, 0.5) is 29.1 Å². The number of nitrogens with zero attached hydrogens (tertiary/aromatic N) is 2. The molecular weight excluding hydrogens is 712 g/mol. The highest BCUT2D eigenvalue weighted by molar-refractivity contribution is 7.91. The zero-order valence-electron chi connectivity index (χ0n) is 28.2. The van der Waals surface area contributed by atoms with Crippen LogP contribution in [0.1, 0.15) is 43.5 Å². The van der Waals surface area contributed by atoms with Gasteiger partial charge in [0.25, 0.3) is 0 Å². The van der Waals surface area contributed by atoms with Crippen LogP contribution in [0, 0.1) is 11.7 Å². The van der Waals surface area contributed by atoms with Crippen molar-refractivity contribution in [3.8, 4) is 5.75 Å². The maximum Gasteiger partial charge on any atom is 0.490 e. The van der Waals surface area contributed by atoms with Gasteiger partial charge in [-0.05, 0) is 72.3 Å². The number of anilines is 2. The first-order valence-electron chi connectivity index (χ1n) is 15.9. The number of esters is 1. The summed E-state index contributed by atoms with van der Waals surface area (Å²) in [5, 5.41) is 11.9. The molecule has 52 heavy (non-hydrogen) atoms. The zero-order valence-corrected chi connectivity index (χ0v) is 29.0. The summed E-state index contributed by atoms with van der Waals surface area (Å²) in [4.78, 5) is 42.5. The molecule has 0 radical (unpaired) electrons. The maximum absolute atomic E-state index is 14.7. The average Bonchev–Trinajstić information content (AvgIpc) is 3.56. The average molecular weight is 749 g/mol. The van der Waals surface area contributed by atoms with Gasteiger partial charge in [-0.15, -0.1) is 0 Å². The van der Waals surface area contributed by atoms with E-state index in [1.54, 1.807) is 56.4 Å². The van der Waals surface area contributed by atoms with Gasteiger partial charge in [-0.1, -0.05) is 31.2 Å². The number of benzene rings is 3. The number of carboxylic acid groups (broad SMARTS) is 1. The summed E-state index contributed by atoms with van der Waals surface area (Å²) in [6, 6.07) is 15.7. The summed E-state index contributed by atoms with van der Waals surface area (Å²) in [5.74, 6) is -4.97. The summed E-state index contributed by atoms with van der Waals surface area (Å²) in [5.41, 5.74) is 7.35. The number of methoxy groups -OCH3 is 1. The van der Waals surface area contributed by atoms with Crippen molar-refractivity contribution in [1.29, 1.82) is 0 Å². The Labute approximate surface area is 296 Å². The summed E-state index contributed by atoms with van der Waals surface area (Å²) in [6.07, 6.45) is -3.24. The van der Waals surface area contributed by atoms with Gasteiger partial charge in [0, 0.05) is 23.8 Å². The van der Waals surface area contributed by atoms with Crippen LogP contribution in [0.3, 0.4) is 0 Å². The van der Waals surface area contributed by atoms with Gasteiger partial charge >= 0.3 is 18.1 Å². The lowest BCUT2D eigenvalue weighted by molar-refractivity contribution is -0.192. The largest absolute Gasteiger partial charge is 0.494 e. The fraction of sp³-hybridized carbons (Fsp3) is 0.314. The Hall–Kier alpha value is -5.45. The number of nitrogens with one attached hydrogen (secondary N) is 1. The number of nitrogens with two attached hydrogens (primary N) is 1. The van der Waals surface area contributed by atoms with Crippen LogP contribution in [0.25, 0.3) is 10.8 Å². The number of alkyl halides is 3. The van der Waals surface area contributed by atoms with Crippen LogP contribution in [-0.4, -0.2) is 73.4 Å². The van der Waals surface area contributed by atoms with Crippen molar-refractivity contribution in [2.75, 3.05) is 37.1 Å². The van der Waals surface area contributed by atoms with Crippen molar-refractivity contribution in [2.45, 2.75) is 43.4 Å². The lowest BCUT2D eigenvalue weighted by Gasteiger charge is -2.33. The van der Waals surface area contributed by atoms with Gasteiger partial charge in [0.15, 0.2) is 21.4 Å². The predicted octanol–water partition coefficient (Wildman–Crippen LogP) is 5.70. The van der Waals surface area contributed by atoms with E-state index in [1.165, 1.54) is 36.3 Å². The van der Waals surface area contributed by atoms with Crippen LogP contribution >= 0.6 is 0 Å². The number of hydrogen-bond donors (Lipinski definition) is 3.